The Kier molecular flexibility index (Phi) is 41.4. The van der Waals surface area contributed by atoms with E-state index in [0.717, 1.165) is 0 Å². The number of carbonyl (C=O) groups is 19. The van der Waals surface area contributed by atoms with Gasteiger partial charge in [0.25, 0.3) is 5.91 Å². The number of H-pyrrole nitrogens is 2. The molecule has 131 heavy (non-hydrogen) atoms. The van der Waals surface area contributed by atoms with E-state index in [1.165, 1.54) is 60.6 Å². The zero-order chi connectivity index (χ0) is 95.8. The number of hydrogen-bond acceptors (Lipinski definition) is 24. The van der Waals surface area contributed by atoms with Crippen molar-refractivity contribution in [3.63, 3.8) is 0 Å². The van der Waals surface area contributed by atoms with Gasteiger partial charge in [0.05, 0.1) is 26.0 Å². The van der Waals surface area contributed by atoms with Crippen LogP contribution in [0.2, 0.25) is 0 Å². The SMILES string of the molecule is N=C(N)NCCC[C@H](NC(=O)[C@H](Cc1c[nH]c2ccccc12)NC(=O)[C@H](Cc1ccc(O)cc1)NC(=O)[C@@H]1CCSCc2ccc(cc2)C(=O)N[C@@H](CCC(N)=O)C(=O)N[C@@H](CC(=O)O)C(=O)N[C@@H](Cc2c[nH]c3ccccc23)C(=O)N[C@@H](CCC(N)=O)C(=O)N1)C(=O)N[C@@H](CCC(=O)O)C(=O)N[C@@H](CC(N)=O)C(=O)NCC(=O)NCCOCC(=O)N[C@H](CCCCN)C(N)=O. The van der Waals surface area contributed by atoms with E-state index >= 15 is 24.0 Å². The van der Waals surface area contributed by atoms with Crippen LogP contribution in [0.5, 0.6) is 5.75 Å². The highest BCUT2D eigenvalue weighted by Crippen LogP contribution is 2.24. The largest absolute Gasteiger partial charge is 0.508 e. The number of phenols is 1. The summed E-state index contributed by atoms with van der Waals surface area (Å²) in [6.45, 7) is -1.50. The molecule has 4 heterocycles. The zero-order valence-electron chi connectivity index (χ0n) is 71.3. The predicted molar refractivity (Wildman–Crippen MR) is 471 cm³/mol. The number of primary amides is 4. The maximum absolute atomic E-state index is 15.6. The summed E-state index contributed by atoms with van der Waals surface area (Å²) in [7, 11) is 0. The number of nitrogens with two attached hydrogens (primary N) is 6. The minimum Gasteiger partial charge on any atom is -0.508 e. The molecule has 6 aromatic rings. The lowest BCUT2D eigenvalue weighted by molar-refractivity contribution is -0.141. The van der Waals surface area contributed by atoms with E-state index < -0.39 is 269 Å². The summed E-state index contributed by atoms with van der Waals surface area (Å²) in [5, 5.41) is 74.1. The Labute approximate surface area is 753 Å². The fourth-order valence-corrected chi connectivity index (χ4v) is 14.7. The highest BCUT2D eigenvalue weighted by atomic mass is 32.2. The van der Waals surface area contributed by atoms with Crippen LogP contribution in [0.1, 0.15) is 123 Å². The molecule has 0 saturated heterocycles. The summed E-state index contributed by atoms with van der Waals surface area (Å²) in [5.74, 6) is -21.4. The summed E-state index contributed by atoms with van der Waals surface area (Å²) < 4.78 is 5.27. The number of hydrogen-bond donors (Lipinski definition) is 26. The molecule has 0 aliphatic carbocycles. The highest BCUT2D eigenvalue weighted by Gasteiger charge is 2.39. The smallest absolute Gasteiger partial charge is 0.305 e. The lowest BCUT2D eigenvalue weighted by Crippen LogP contribution is -2.61. The van der Waals surface area contributed by atoms with Crippen molar-refractivity contribution in [2.75, 3.05) is 45.1 Å². The van der Waals surface area contributed by atoms with E-state index in [0.29, 0.717) is 57.9 Å². The molecule has 2 aliphatic rings. The molecule has 47 heteroatoms. The molecule has 32 N–H and O–H groups in total. The third-order valence-corrected chi connectivity index (χ3v) is 21.6. The van der Waals surface area contributed by atoms with Crippen molar-refractivity contribution in [3.8, 4) is 5.75 Å². The normalized spacial score (nSPS) is 17.1. The predicted octanol–water partition coefficient (Wildman–Crippen LogP) is -5.46. The molecule has 4 aromatic carbocycles. The number of amides is 17. The monoisotopic (exact) mass is 1840 g/mol. The molecule has 0 unspecified atom stereocenters. The van der Waals surface area contributed by atoms with Crippen molar-refractivity contribution in [2.24, 2.45) is 34.4 Å². The number of thioether (sulfide) groups is 1. The van der Waals surface area contributed by atoms with E-state index in [1.807, 2.05) is 0 Å². The molecule has 2 aromatic heterocycles. The number of phenolic OH excluding ortho intramolecular Hbond substituents is 1. The van der Waals surface area contributed by atoms with E-state index in [4.69, 9.17) is 44.5 Å². The molecule has 706 valence electrons. The van der Waals surface area contributed by atoms with Crippen LogP contribution in [0, 0.1) is 5.41 Å². The number of aromatic amines is 2. The van der Waals surface area contributed by atoms with Gasteiger partial charge >= 0.3 is 11.9 Å². The molecule has 0 radical (unpaired) electrons. The van der Waals surface area contributed by atoms with Gasteiger partial charge in [-0.25, -0.2) is 0 Å². The zero-order valence-corrected chi connectivity index (χ0v) is 72.1. The first kappa shape index (κ1) is 103. The van der Waals surface area contributed by atoms with Gasteiger partial charge < -0.3 is 139 Å². The van der Waals surface area contributed by atoms with Crippen LogP contribution in [-0.2, 0) is 116 Å². The van der Waals surface area contributed by atoms with Gasteiger partial charge in [0.2, 0.25) is 94.5 Å². The van der Waals surface area contributed by atoms with Crippen LogP contribution in [0.25, 0.3) is 21.8 Å². The van der Waals surface area contributed by atoms with E-state index in [1.54, 1.807) is 60.7 Å². The number of ether oxygens (including phenoxy) is 1. The third kappa shape index (κ3) is 35.4. The van der Waals surface area contributed by atoms with E-state index in [2.05, 4.69) is 84.4 Å². The van der Waals surface area contributed by atoms with Crippen molar-refractivity contribution in [2.45, 2.75) is 181 Å². The average molecular weight is 1840 g/mol. The molecule has 17 amide bonds. The molecule has 11 atom stereocenters. The van der Waals surface area contributed by atoms with Crippen LogP contribution >= 0.6 is 11.8 Å². The summed E-state index contributed by atoms with van der Waals surface area (Å²) >= 11 is 1.21. The van der Waals surface area contributed by atoms with Gasteiger partial charge in [-0.1, -0.05) is 60.7 Å². The van der Waals surface area contributed by atoms with Crippen molar-refractivity contribution in [1.82, 2.24) is 84.4 Å². The molecule has 0 spiro atoms. The number of nitrogens with one attached hydrogen (secondary N) is 17. The number of aromatic hydroxyl groups is 1. The minimum atomic E-state index is -2.00. The Hall–Kier alpha value is -14.8. The van der Waals surface area contributed by atoms with Gasteiger partial charge in [0.1, 0.15) is 78.8 Å². The van der Waals surface area contributed by atoms with E-state index in [-0.39, 0.29) is 73.8 Å². The second kappa shape index (κ2) is 52.5. The second-order valence-corrected chi connectivity index (χ2v) is 31.8. The number of aliphatic carboxylic acids is 2. The average Bonchev–Trinajstić information content (AvgIpc) is 1.74. The first-order valence-electron chi connectivity index (χ1n) is 41.8. The van der Waals surface area contributed by atoms with Crippen molar-refractivity contribution in [3.05, 3.63) is 137 Å². The standard InChI is InChI=1S/C84H111N23O23S/c85-29-6-5-12-54(72(89)118)97-69(113)42-130-32-31-92-68(112)41-96-74(120)63(37-67(88)111)106-78(124)58(24-27-70(114)115)100-75(121)55(13-7-30-93-84(90)91)99-81(127)61(35-47-39-94-52-10-3-1-8-50(47)52)104-80(126)60(34-44-16-20-49(108)21-17-44)103-79(125)59-28-33-131-43-45-14-18-46(19-15-45)73(119)98-56(22-25-65(86)109)77(123)107-64(38-71(116)117)83(129)105-62(36-48-40-95-53-11-4-2-9-51(48)53)82(128)101-57(76(122)102-59)23-26-66(87)110/h1-4,8-11,14-21,39-40,54-64,94-95,108H,5-7,12-13,22-38,41-43,85H2,(H2,86,109)(H2,87,110)(H2,88,111)(H2,89,118)(H,92,112)(H,96,120)(H,97,113)(H,98,119)(H,99,127)(H,100,121)(H,101,128)(H,102,122)(H,103,125)(H,104,126)(H,105,129)(H,106,124)(H,107,123)(H,114,115)(H,116,117)(H4,90,91,93)/t54-,55+,56+,57+,58+,59+,60+,61+,62+,63+,64+/m1/s1. The Morgan fingerprint density at radius 3 is 1.65 bits per heavy atom. The summed E-state index contributed by atoms with van der Waals surface area (Å²) in [6, 6.07) is 5.83. The number of unbranched alkanes of at least 4 members (excludes halogenated alkanes) is 1. The number of aromatic nitrogens is 2. The molecule has 8 rings (SSSR count). The second-order valence-electron chi connectivity index (χ2n) is 30.7. The van der Waals surface area contributed by atoms with Crippen molar-refractivity contribution < 1.29 is 111 Å². The minimum absolute atomic E-state index is 0.000632. The topological polar surface area (TPSA) is 774 Å². The molecule has 2 aliphatic heterocycles. The van der Waals surface area contributed by atoms with Gasteiger partial charge in [-0.15, -0.1) is 0 Å². The van der Waals surface area contributed by atoms with Crippen LogP contribution < -0.4 is 109 Å². The molecular weight excluding hydrogens is 1730 g/mol. The Morgan fingerprint density at radius 1 is 0.504 bits per heavy atom. The lowest BCUT2D eigenvalue weighted by Gasteiger charge is -2.28. The van der Waals surface area contributed by atoms with Crippen LogP contribution in [0.3, 0.4) is 0 Å². The van der Waals surface area contributed by atoms with Crippen LogP contribution in [0.15, 0.2) is 109 Å². The Bertz CT molecular complexity index is 5090. The maximum Gasteiger partial charge on any atom is 0.305 e. The summed E-state index contributed by atoms with van der Waals surface area (Å²) in [4.78, 5) is 267. The number of carbonyl (C=O) groups excluding carboxylic acids is 17. The maximum atomic E-state index is 15.6. The van der Waals surface area contributed by atoms with Crippen LogP contribution in [-0.4, -0.2) is 255 Å². The molecule has 46 nitrogen and oxygen atoms in total. The first-order valence-corrected chi connectivity index (χ1v) is 43.0. The Morgan fingerprint density at radius 2 is 1.05 bits per heavy atom. The number of para-hydroxylation sites is 2. The van der Waals surface area contributed by atoms with Crippen molar-refractivity contribution >= 4 is 152 Å². The quantitative estimate of drug-likeness (QED) is 0.00734. The number of carboxylic acids is 2. The number of rotatable bonds is 47. The Balaban J connectivity index is 1.20. The third-order valence-electron chi connectivity index (χ3n) is 20.6. The number of guanidine groups is 1. The number of benzene rings is 4. The number of fused-ring (bicyclic) bond motifs is 22. The van der Waals surface area contributed by atoms with E-state index in [9.17, 15) is 82.4 Å². The molecule has 0 saturated carbocycles. The lowest BCUT2D eigenvalue weighted by atomic mass is 10.0. The van der Waals surface area contributed by atoms with Gasteiger partial charge in [-0.3, -0.25) is 96.5 Å². The highest BCUT2D eigenvalue weighted by molar-refractivity contribution is 7.98. The van der Waals surface area contributed by atoms with Crippen molar-refractivity contribution in [1.29, 1.82) is 5.41 Å². The van der Waals surface area contributed by atoms with Gasteiger partial charge in [0.15, 0.2) is 5.96 Å². The van der Waals surface area contributed by atoms with Gasteiger partial charge in [-0.05, 0) is 129 Å². The molecule has 2 bridgehead atoms. The summed E-state index contributed by atoms with van der Waals surface area (Å²) in [5.41, 5.74) is 35.8. The number of carboxylic acid groups (broad SMARTS) is 2. The molecular formula is C84H111N23O23S. The first-order chi connectivity index (χ1) is 62.4. The molecule has 0 fully saturated rings. The van der Waals surface area contributed by atoms with Crippen LogP contribution in [0.4, 0.5) is 0 Å². The fraction of sp³-hybridized carbons (Fsp3) is 0.429. The fourth-order valence-electron chi connectivity index (χ4n) is 13.7. The summed E-state index contributed by atoms with van der Waals surface area (Å²) in [6.07, 6.45) is -3.26. The van der Waals surface area contributed by atoms with Gasteiger partial charge in [0, 0.05) is 97.1 Å². The van der Waals surface area contributed by atoms with Gasteiger partial charge in [-0.2, -0.15) is 11.8 Å².